The van der Waals surface area contributed by atoms with Crippen molar-refractivity contribution in [1.82, 2.24) is 9.97 Å². The largest absolute Gasteiger partial charge is 0.497 e. The summed E-state index contributed by atoms with van der Waals surface area (Å²) >= 11 is 0. The first-order valence-corrected chi connectivity index (χ1v) is 12.4. The molecule has 0 bridgehead atoms. The van der Waals surface area contributed by atoms with Gasteiger partial charge >= 0.3 is 0 Å². The van der Waals surface area contributed by atoms with Gasteiger partial charge < -0.3 is 19.4 Å². The van der Waals surface area contributed by atoms with E-state index in [1.165, 1.54) is 16.8 Å². The summed E-state index contributed by atoms with van der Waals surface area (Å²) < 4.78 is 10.3. The van der Waals surface area contributed by atoms with Crippen LogP contribution >= 0.6 is 0 Å². The minimum atomic E-state index is 0.0667. The number of methoxy groups -OCH3 is 1. The smallest absolute Gasteiger partial charge is 0.203 e. The number of aromatic amines is 1. The maximum Gasteiger partial charge on any atom is 0.203 e. The van der Waals surface area contributed by atoms with Crippen molar-refractivity contribution in [3.8, 4) is 5.75 Å². The van der Waals surface area contributed by atoms with Gasteiger partial charge in [0.2, 0.25) is 5.95 Å². The predicted octanol–water partition coefficient (Wildman–Crippen LogP) is 6.34. The van der Waals surface area contributed by atoms with Crippen LogP contribution in [0.1, 0.15) is 60.4 Å². The Morgan fingerprint density at radius 3 is 2.03 bits per heavy atom. The monoisotopic (exact) mass is 481 g/mol. The first kappa shape index (κ1) is 29.9. The third-order valence-corrected chi connectivity index (χ3v) is 5.22. The lowest BCUT2D eigenvalue weighted by molar-refractivity contribution is 0.101. The number of imidazole rings is 1. The maximum absolute atomic E-state index is 11.0. The Morgan fingerprint density at radius 1 is 1.00 bits per heavy atom. The van der Waals surface area contributed by atoms with E-state index in [2.05, 4.69) is 59.9 Å². The number of aryl methyl sites for hydroxylation is 4. The quantitative estimate of drug-likeness (QED) is 0.440. The molecule has 0 unspecified atom stereocenters. The molecule has 192 valence electrons. The van der Waals surface area contributed by atoms with Crippen molar-refractivity contribution >= 4 is 11.7 Å². The van der Waals surface area contributed by atoms with E-state index in [4.69, 9.17) is 9.47 Å². The second-order valence-corrected chi connectivity index (χ2v) is 8.13. The summed E-state index contributed by atoms with van der Waals surface area (Å²) in [6.07, 6.45) is 2.92. The molecule has 3 aromatic rings. The number of Topliss-reactive ketones (excluding diaryl/α,β-unsaturated/α-hetero) is 1. The van der Waals surface area contributed by atoms with Crippen LogP contribution in [0.3, 0.4) is 0 Å². The van der Waals surface area contributed by atoms with Gasteiger partial charge in [0.1, 0.15) is 5.75 Å². The lowest BCUT2D eigenvalue weighted by atomic mass is 10.1. The normalized spacial score (nSPS) is 12.2. The van der Waals surface area contributed by atoms with Gasteiger partial charge in [-0.1, -0.05) is 56.2 Å². The van der Waals surface area contributed by atoms with Gasteiger partial charge in [0.25, 0.3) is 0 Å². The summed E-state index contributed by atoms with van der Waals surface area (Å²) in [5, 5.41) is 0. The van der Waals surface area contributed by atoms with Crippen molar-refractivity contribution in [2.45, 2.75) is 54.9 Å². The highest BCUT2D eigenvalue weighted by Crippen LogP contribution is 2.16. The second kappa shape index (κ2) is 16.5. The zero-order chi connectivity index (χ0) is 26.2. The molecule has 4 rings (SSSR count). The van der Waals surface area contributed by atoms with Crippen LogP contribution in [-0.2, 0) is 11.2 Å². The fourth-order valence-corrected chi connectivity index (χ4v) is 3.17. The molecule has 0 aliphatic carbocycles. The van der Waals surface area contributed by atoms with Gasteiger partial charge in [0, 0.05) is 24.3 Å². The molecule has 0 radical (unpaired) electrons. The van der Waals surface area contributed by atoms with Gasteiger partial charge in [-0.15, -0.1) is 0 Å². The molecule has 2 heterocycles. The number of ether oxygens (including phenoxy) is 2. The number of nitrogens with zero attached hydrogens (tertiary/aromatic N) is 2. The van der Waals surface area contributed by atoms with E-state index in [9.17, 15) is 4.79 Å². The number of morpholine rings is 1. The molecule has 6 nitrogen and oxygen atoms in total. The number of aromatic nitrogens is 2. The molecule has 0 amide bonds. The maximum atomic E-state index is 11.0. The number of hydrogen-bond acceptors (Lipinski definition) is 5. The number of carbonyl (C=O) groups is 1. The van der Waals surface area contributed by atoms with Crippen molar-refractivity contribution in [2.75, 3.05) is 38.3 Å². The van der Waals surface area contributed by atoms with Crippen LogP contribution in [0.5, 0.6) is 5.75 Å². The molecule has 1 fully saturated rings. The fourth-order valence-electron chi connectivity index (χ4n) is 3.17. The topological polar surface area (TPSA) is 67.5 Å². The Bertz CT molecular complexity index is 970. The van der Waals surface area contributed by atoms with E-state index in [1.807, 2.05) is 39.1 Å². The van der Waals surface area contributed by atoms with E-state index in [-0.39, 0.29) is 5.78 Å². The molecule has 1 aliphatic rings. The van der Waals surface area contributed by atoms with Crippen LogP contribution in [0.4, 0.5) is 5.95 Å². The van der Waals surface area contributed by atoms with Gasteiger partial charge in [0.05, 0.1) is 26.5 Å². The third-order valence-electron chi connectivity index (χ3n) is 5.22. The van der Waals surface area contributed by atoms with E-state index in [0.29, 0.717) is 5.56 Å². The van der Waals surface area contributed by atoms with Crippen LogP contribution in [0.15, 0.2) is 48.7 Å². The van der Waals surface area contributed by atoms with Gasteiger partial charge in [0.15, 0.2) is 5.78 Å². The number of carbonyl (C=O) groups excluding carboxylic acids is 1. The van der Waals surface area contributed by atoms with Crippen molar-refractivity contribution in [1.29, 1.82) is 0 Å². The Hall–Kier alpha value is -3.12. The highest BCUT2D eigenvalue weighted by molar-refractivity contribution is 5.94. The van der Waals surface area contributed by atoms with Crippen molar-refractivity contribution in [3.05, 3.63) is 76.6 Å². The molecule has 0 spiro atoms. The molecule has 1 saturated heterocycles. The number of H-pyrrole nitrogens is 1. The van der Waals surface area contributed by atoms with E-state index < -0.39 is 0 Å². The zero-order valence-corrected chi connectivity index (χ0v) is 22.8. The molecule has 6 heteroatoms. The highest BCUT2D eigenvalue weighted by atomic mass is 16.5. The summed E-state index contributed by atoms with van der Waals surface area (Å²) in [4.78, 5) is 20.9. The molecule has 1 N–H and O–H groups in total. The van der Waals surface area contributed by atoms with Crippen LogP contribution in [0.2, 0.25) is 0 Å². The molecule has 1 aromatic heterocycles. The number of nitrogens with one attached hydrogen (secondary N) is 1. The van der Waals surface area contributed by atoms with Crippen LogP contribution < -0.4 is 9.64 Å². The molecule has 0 saturated carbocycles. The second-order valence-electron chi connectivity index (χ2n) is 8.13. The Kier molecular flexibility index (Phi) is 14.1. The molecule has 0 atom stereocenters. The Balaban J connectivity index is 0.000000260. The number of benzene rings is 2. The Morgan fingerprint density at radius 2 is 1.57 bits per heavy atom. The average Bonchev–Trinajstić information content (AvgIpc) is 3.37. The number of anilines is 1. The third kappa shape index (κ3) is 11.2. The lowest BCUT2D eigenvalue weighted by Gasteiger charge is -2.26. The van der Waals surface area contributed by atoms with Crippen molar-refractivity contribution in [3.63, 3.8) is 0 Å². The average molecular weight is 482 g/mol. The summed E-state index contributed by atoms with van der Waals surface area (Å²) in [6.45, 7) is 17.3. The lowest BCUT2D eigenvalue weighted by Crippen LogP contribution is -2.36. The predicted molar refractivity (Wildman–Crippen MR) is 146 cm³/mol. The van der Waals surface area contributed by atoms with Crippen LogP contribution in [-0.4, -0.2) is 49.2 Å². The van der Waals surface area contributed by atoms with Gasteiger partial charge in [-0.05, 0) is 57.9 Å². The van der Waals surface area contributed by atoms with Crippen LogP contribution in [0, 0.1) is 20.8 Å². The number of ketones is 1. The first-order valence-electron chi connectivity index (χ1n) is 12.4. The molecule has 35 heavy (non-hydrogen) atoms. The van der Waals surface area contributed by atoms with Crippen molar-refractivity contribution < 1.29 is 14.3 Å². The fraction of sp³-hybridized carbons (Fsp3) is 0.448. The molecule has 2 aromatic carbocycles. The van der Waals surface area contributed by atoms with E-state index >= 15 is 0 Å². The standard InChI is InChI=1S/C10H12O2.C9H15N3O.C8H10.C2H6/c1-7-4-9(8(2)11)6-10(5-7)12-3;1-2-8-7-10-9(11-8)12-3-5-13-6-4-12;1-7-3-5-8(2)6-4-7;1-2/h4-6H,1-3H3;7H,2-6H2,1H3,(H,10,11);3-6H,1-2H3;1-2H3. The SMILES string of the molecule is CC.CCc1cnc(N2CCOCC2)[nH]1.COc1cc(C)cc(C(C)=O)c1.Cc1ccc(C)cc1. The van der Waals surface area contributed by atoms with E-state index in [1.54, 1.807) is 20.1 Å². The molecule has 1 aliphatic heterocycles. The zero-order valence-electron chi connectivity index (χ0n) is 22.8. The minimum Gasteiger partial charge on any atom is -0.497 e. The van der Waals surface area contributed by atoms with Crippen LogP contribution in [0.25, 0.3) is 0 Å². The summed E-state index contributed by atoms with van der Waals surface area (Å²) in [6, 6.07) is 14.0. The number of rotatable bonds is 4. The van der Waals surface area contributed by atoms with Crippen molar-refractivity contribution in [2.24, 2.45) is 0 Å². The van der Waals surface area contributed by atoms with Gasteiger partial charge in [-0.25, -0.2) is 4.98 Å². The molecular weight excluding hydrogens is 438 g/mol. The summed E-state index contributed by atoms with van der Waals surface area (Å²) in [7, 11) is 1.60. The molecular formula is C29H43N3O3. The van der Waals surface area contributed by atoms with Gasteiger partial charge in [-0.2, -0.15) is 0 Å². The summed E-state index contributed by atoms with van der Waals surface area (Å²) in [5.74, 6) is 1.79. The highest BCUT2D eigenvalue weighted by Gasteiger charge is 2.13. The minimum absolute atomic E-state index is 0.0667. The Labute approximate surface area is 211 Å². The van der Waals surface area contributed by atoms with E-state index in [0.717, 1.165) is 50.0 Å². The first-order chi connectivity index (χ1) is 16.8. The summed E-state index contributed by atoms with van der Waals surface area (Å²) in [5.41, 5.74) is 5.60. The number of hydrogen-bond donors (Lipinski definition) is 1. The van der Waals surface area contributed by atoms with Gasteiger partial charge in [-0.3, -0.25) is 4.79 Å².